The summed E-state index contributed by atoms with van der Waals surface area (Å²) >= 11 is 0. The number of methoxy groups -OCH3 is 1. The van der Waals surface area contributed by atoms with E-state index in [1.807, 2.05) is 0 Å². The van der Waals surface area contributed by atoms with Crippen LogP contribution in [0.25, 0.3) is 0 Å². The number of carbonyl (C=O) groups excluding carboxylic acids is 3. The molecule has 0 aliphatic heterocycles. The normalized spacial score (nSPS) is 19.4. The van der Waals surface area contributed by atoms with Crippen LogP contribution < -0.4 is 0 Å². The number of carbonyl (C=O) groups is 3. The molecule has 2 rings (SSSR count). The van der Waals surface area contributed by atoms with E-state index in [9.17, 15) is 14.4 Å². The summed E-state index contributed by atoms with van der Waals surface area (Å²) in [5, 5.41) is 0. The molecule has 0 saturated heterocycles. The summed E-state index contributed by atoms with van der Waals surface area (Å²) in [7, 11) is 1.33. The maximum absolute atomic E-state index is 12.1. The van der Waals surface area contributed by atoms with Gasteiger partial charge in [-0.25, -0.2) is 0 Å². The number of rotatable bonds is 3. The smallest absolute Gasteiger partial charge is 0.198 e. The van der Waals surface area contributed by atoms with Crippen LogP contribution in [0.5, 0.6) is 0 Å². The van der Waals surface area contributed by atoms with Crippen LogP contribution in [0.4, 0.5) is 0 Å². The second kappa shape index (κ2) is 4.96. The molecule has 1 aromatic rings. The second-order valence-corrected chi connectivity index (χ2v) is 4.03. The molecule has 1 aromatic carbocycles. The predicted molar refractivity (Wildman–Crippen MR) is 64.0 cm³/mol. The van der Waals surface area contributed by atoms with E-state index in [4.69, 9.17) is 4.74 Å². The minimum absolute atomic E-state index is 0.0251. The molecule has 0 saturated carbocycles. The zero-order chi connectivity index (χ0) is 13.1. The predicted octanol–water partition coefficient (Wildman–Crippen LogP) is 1.56. The molecule has 0 radical (unpaired) electrons. The molecular weight excluding hydrogens is 232 g/mol. The first-order valence-corrected chi connectivity index (χ1v) is 5.55. The van der Waals surface area contributed by atoms with Gasteiger partial charge >= 0.3 is 0 Å². The Bertz CT molecular complexity index is 528. The van der Waals surface area contributed by atoms with E-state index in [1.54, 1.807) is 30.3 Å². The number of hydrogen-bond donors (Lipinski definition) is 0. The van der Waals surface area contributed by atoms with E-state index in [2.05, 4.69) is 0 Å². The Morgan fingerprint density at radius 3 is 2.50 bits per heavy atom. The van der Waals surface area contributed by atoms with E-state index in [0.717, 1.165) is 6.08 Å². The largest absolute Gasteiger partial charge is 0.493 e. The Morgan fingerprint density at radius 2 is 1.89 bits per heavy atom. The number of ether oxygens (including phenoxy) is 1. The number of benzene rings is 1. The Morgan fingerprint density at radius 1 is 1.22 bits per heavy atom. The summed E-state index contributed by atoms with van der Waals surface area (Å²) in [6.45, 7) is 0. The van der Waals surface area contributed by atoms with Crippen LogP contribution in [0.2, 0.25) is 0 Å². The van der Waals surface area contributed by atoms with Crippen LogP contribution in [0.1, 0.15) is 16.8 Å². The molecule has 1 unspecified atom stereocenters. The zero-order valence-corrected chi connectivity index (χ0v) is 9.88. The Labute approximate surface area is 104 Å². The summed E-state index contributed by atoms with van der Waals surface area (Å²) in [5.74, 6) is -1.90. The molecule has 0 aromatic heterocycles. The van der Waals surface area contributed by atoms with Gasteiger partial charge in [0.15, 0.2) is 23.1 Å². The van der Waals surface area contributed by atoms with Crippen molar-refractivity contribution < 1.29 is 19.1 Å². The number of hydrogen-bond acceptors (Lipinski definition) is 4. The third-order valence-corrected chi connectivity index (χ3v) is 2.88. The molecule has 0 spiro atoms. The zero-order valence-electron chi connectivity index (χ0n) is 9.88. The van der Waals surface area contributed by atoms with Crippen molar-refractivity contribution in [2.75, 3.05) is 7.11 Å². The third-order valence-electron chi connectivity index (χ3n) is 2.88. The lowest BCUT2D eigenvalue weighted by molar-refractivity contribution is -0.126. The second-order valence-electron chi connectivity index (χ2n) is 4.03. The Hall–Kier alpha value is -2.23. The lowest BCUT2D eigenvalue weighted by Gasteiger charge is -2.17. The van der Waals surface area contributed by atoms with Gasteiger partial charge in [0.2, 0.25) is 0 Å². The van der Waals surface area contributed by atoms with Crippen LogP contribution in [-0.2, 0) is 14.3 Å². The fourth-order valence-electron chi connectivity index (χ4n) is 1.90. The first-order valence-electron chi connectivity index (χ1n) is 5.55. The highest BCUT2D eigenvalue weighted by molar-refractivity contribution is 6.20. The van der Waals surface area contributed by atoms with Gasteiger partial charge < -0.3 is 4.74 Å². The molecule has 1 atom stereocenters. The summed E-state index contributed by atoms with van der Waals surface area (Å²) < 4.78 is 4.79. The molecule has 1 aliphatic carbocycles. The summed E-state index contributed by atoms with van der Waals surface area (Å²) in [6, 6.07) is 8.50. The monoisotopic (exact) mass is 244 g/mol. The lowest BCUT2D eigenvalue weighted by atomic mass is 9.85. The van der Waals surface area contributed by atoms with Crippen molar-refractivity contribution in [2.24, 2.45) is 5.92 Å². The van der Waals surface area contributed by atoms with Gasteiger partial charge in [-0.2, -0.15) is 0 Å². The van der Waals surface area contributed by atoms with Crippen LogP contribution in [0.15, 0.2) is 42.2 Å². The van der Waals surface area contributed by atoms with Gasteiger partial charge in [-0.05, 0) is 0 Å². The minimum atomic E-state index is -0.918. The van der Waals surface area contributed by atoms with Crippen molar-refractivity contribution in [1.29, 1.82) is 0 Å². The lowest BCUT2D eigenvalue weighted by Crippen LogP contribution is -2.31. The Kier molecular flexibility index (Phi) is 3.37. The quantitative estimate of drug-likeness (QED) is 0.598. The minimum Gasteiger partial charge on any atom is -0.493 e. The van der Waals surface area contributed by atoms with Crippen LogP contribution in [-0.4, -0.2) is 24.5 Å². The standard InChI is InChI=1S/C14H12O4/c1-18-13-8-11(15)10(7-12(13)16)14(17)9-5-3-2-4-6-9/h2-6,8,10H,7H2,1H3. The molecule has 0 amide bonds. The average molecular weight is 244 g/mol. The first-order chi connectivity index (χ1) is 8.63. The van der Waals surface area contributed by atoms with Gasteiger partial charge in [-0.3, -0.25) is 14.4 Å². The highest BCUT2D eigenvalue weighted by Crippen LogP contribution is 2.22. The average Bonchev–Trinajstić information content (AvgIpc) is 2.41. The molecule has 0 heterocycles. The number of ketones is 3. The van der Waals surface area contributed by atoms with E-state index in [0.29, 0.717) is 5.56 Å². The van der Waals surface area contributed by atoms with Gasteiger partial charge in [0.25, 0.3) is 0 Å². The first kappa shape index (κ1) is 12.2. The third kappa shape index (κ3) is 2.22. The molecular formula is C14H12O4. The van der Waals surface area contributed by atoms with Gasteiger partial charge in [0.05, 0.1) is 13.0 Å². The van der Waals surface area contributed by atoms with E-state index in [1.165, 1.54) is 7.11 Å². The van der Waals surface area contributed by atoms with Crippen molar-refractivity contribution in [3.63, 3.8) is 0 Å². The number of allylic oxidation sites excluding steroid dienone is 2. The Balaban J connectivity index is 2.26. The SMILES string of the molecule is COC1=CC(=O)C(C(=O)c2ccccc2)CC1=O. The van der Waals surface area contributed by atoms with Crippen LogP contribution in [0, 0.1) is 5.92 Å². The van der Waals surface area contributed by atoms with E-state index in [-0.39, 0.29) is 29.5 Å². The van der Waals surface area contributed by atoms with Gasteiger partial charge in [0.1, 0.15) is 0 Å². The molecule has 92 valence electrons. The molecule has 18 heavy (non-hydrogen) atoms. The fraction of sp³-hybridized carbons (Fsp3) is 0.214. The van der Waals surface area contributed by atoms with Crippen molar-refractivity contribution in [2.45, 2.75) is 6.42 Å². The molecule has 0 fully saturated rings. The van der Waals surface area contributed by atoms with Gasteiger partial charge in [0, 0.05) is 18.1 Å². The maximum atomic E-state index is 12.1. The fourth-order valence-corrected chi connectivity index (χ4v) is 1.90. The highest BCUT2D eigenvalue weighted by Gasteiger charge is 2.34. The topological polar surface area (TPSA) is 60.4 Å². The molecule has 4 nitrogen and oxygen atoms in total. The highest BCUT2D eigenvalue weighted by atomic mass is 16.5. The number of Topliss-reactive ketones (excluding diaryl/α,β-unsaturated/α-hetero) is 2. The molecule has 0 bridgehead atoms. The molecule has 4 heteroatoms. The van der Waals surface area contributed by atoms with Crippen LogP contribution >= 0.6 is 0 Å². The summed E-state index contributed by atoms with van der Waals surface area (Å²) in [6.07, 6.45) is 0.990. The van der Waals surface area contributed by atoms with Crippen molar-refractivity contribution >= 4 is 17.3 Å². The van der Waals surface area contributed by atoms with Crippen molar-refractivity contribution in [3.05, 3.63) is 47.7 Å². The van der Waals surface area contributed by atoms with Gasteiger partial charge in [-0.1, -0.05) is 30.3 Å². The van der Waals surface area contributed by atoms with E-state index >= 15 is 0 Å². The maximum Gasteiger partial charge on any atom is 0.198 e. The molecule has 0 N–H and O–H groups in total. The van der Waals surface area contributed by atoms with E-state index < -0.39 is 5.92 Å². The summed E-state index contributed by atoms with van der Waals surface area (Å²) in [4.78, 5) is 35.5. The molecule has 1 aliphatic rings. The van der Waals surface area contributed by atoms with Gasteiger partial charge in [-0.15, -0.1) is 0 Å². The van der Waals surface area contributed by atoms with Crippen molar-refractivity contribution in [3.8, 4) is 0 Å². The summed E-state index contributed by atoms with van der Waals surface area (Å²) in [5.41, 5.74) is 0.443. The van der Waals surface area contributed by atoms with Crippen LogP contribution in [0.3, 0.4) is 0 Å². The van der Waals surface area contributed by atoms with Crippen molar-refractivity contribution in [1.82, 2.24) is 0 Å².